The minimum absolute atomic E-state index is 0. The third-order valence-electron chi connectivity index (χ3n) is 3.79. The predicted molar refractivity (Wildman–Crippen MR) is 97.4 cm³/mol. The lowest BCUT2D eigenvalue weighted by Gasteiger charge is -2.27. The minimum Gasteiger partial charge on any atom is -0.426 e. The zero-order valence-electron chi connectivity index (χ0n) is 12.2. The second-order valence-electron chi connectivity index (χ2n) is 5.39. The number of halogens is 2. The Bertz CT molecular complexity index is 502. The van der Waals surface area contributed by atoms with E-state index in [1.54, 1.807) is 0 Å². The Balaban J connectivity index is 0.00000242. The smallest absolute Gasteiger partial charge is 0.314 e. The Morgan fingerprint density at radius 3 is 2.41 bits per heavy atom. The van der Waals surface area contributed by atoms with Crippen molar-refractivity contribution in [2.75, 3.05) is 6.54 Å². The molecule has 7 heteroatoms. The van der Waals surface area contributed by atoms with E-state index >= 15 is 0 Å². The third kappa shape index (κ3) is 6.00. The van der Waals surface area contributed by atoms with Crippen molar-refractivity contribution in [3.63, 3.8) is 0 Å². The lowest BCUT2D eigenvalue weighted by Crippen LogP contribution is -2.36. The van der Waals surface area contributed by atoms with E-state index in [0.29, 0.717) is 18.2 Å². The van der Waals surface area contributed by atoms with Gasteiger partial charge < -0.3 is 15.8 Å². The van der Waals surface area contributed by atoms with Gasteiger partial charge >= 0.3 is 5.97 Å². The van der Waals surface area contributed by atoms with Crippen LogP contribution in [0.3, 0.4) is 0 Å². The number of nitrogens with two attached hydrogens (primary N) is 1. The highest BCUT2D eigenvalue weighted by atomic mass is 127. The zero-order chi connectivity index (χ0) is 15.2. The molecule has 0 saturated heterocycles. The predicted octanol–water partition coefficient (Wildman–Crippen LogP) is 2.91. The van der Waals surface area contributed by atoms with Crippen LogP contribution < -0.4 is 15.8 Å². The molecule has 1 aliphatic carbocycles. The molecule has 0 bridgehead atoms. The van der Waals surface area contributed by atoms with Crippen LogP contribution in [0.15, 0.2) is 24.3 Å². The van der Waals surface area contributed by atoms with E-state index in [0.717, 1.165) is 29.3 Å². The molecule has 4 N–H and O–H groups in total. The van der Waals surface area contributed by atoms with Crippen LogP contribution in [0.1, 0.15) is 25.7 Å². The van der Waals surface area contributed by atoms with Crippen LogP contribution in [-0.2, 0) is 4.79 Å². The maximum Gasteiger partial charge on any atom is 0.314 e. The first kappa shape index (κ1) is 19.0. The van der Waals surface area contributed by atoms with Crippen molar-refractivity contribution < 1.29 is 9.53 Å². The molecule has 1 fully saturated rings. The third-order valence-corrected chi connectivity index (χ3v) is 4.51. The maximum atomic E-state index is 12.1. The number of benzene rings is 1. The molecule has 0 radical (unpaired) electrons. The molecule has 22 heavy (non-hydrogen) atoms. The molecule has 0 unspecified atom stereocenters. The highest BCUT2D eigenvalue weighted by molar-refractivity contribution is 14.1. The summed E-state index contributed by atoms with van der Waals surface area (Å²) in [7, 11) is 0. The van der Waals surface area contributed by atoms with Gasteiger partial charge in [-0.25, -0.2) is 0 Å². The fraction of sp³-hybridized carbons (Fsp3) is 0.467. The first-order valence-corrected chi connectivity index (χ1v) is 8.17. The number of esters is 1. The van der Waals surface area contributed by atoms with Crippen molar-refractivity contribution in [2.45, 2.75) is 25.7 Å². The monoisotopic (exact) mass is 437 g/mol. The van der Waals surface area contributed by atoms with Gasteiger partial charge in [0.15, 0.2) is 5.96 Å². The van der Waals surface area contributed by atoms with Crippen LogP contribution in [0.5, 0.6) is 5.75 Å². The summed E-state index contributed by atoms with van der Waals surface area (Å²) in [5, 5.41) is 10.0. The standard InChI is InChI=1S/C15H20IN3O2.ClH/c16-12-5-7-13(8-6-12)21-14(20)11-3-1-10(2-4-11)9-19-15(17)18;/h5-8,10-11H,1-4,9H2,(H4,17,18,19);1H/t10-,11-;. The number of carbonyl (C=O) groups is 1. The summed E-state index contributed by atoms with van der Waals surface area (Å²) in [5.74, 6) is 0.958. The van der Waals surface area contributed by atoms with E-state index in [1.165, 1.54) is 0 Å². The summed E-state index contributed by atoms with van der Waals surface area (Å²) in [5.41, 5.74) is 5.28. The summed E-state index contributed by atoms with van der Waals surface area (Å²) in [4.78, 5) is 12.1. The summed E-state index contributed by atoms with van der Waals surface area (Å²) in [6.45, 7) is 0.716. The van der Waals surface area contributed by atoms with Crippen molar-refractivity contribution >= 4 is 46.9 Å². The molecule has 0 amide bonds. The quantitative estimate of drug-likeness (QED) is 0.222. The maximum absolute atomic E-state index is 12.1. The van der Waals surface area contributed by atoms with Crippen LogP contribution in [0.4, 0.5) is 0 Å². The van der Waals surface area contributed by atoms with Gasteiger partial charge in [0.25, 0.3) is 0 Å². The highest BCUT2D eigenvalue weighted by Gasteiger charge is 2.27. The summed E-state index contributed by atoms with van der Waals surface area (Å²) in [6, 6.07) is 7.49. The van der Waals surface area contributed by atoms with Gasteiger partial charge in [0.05, 0.1) is 5.92 Å². The molecule has 0 spiro atoms. The molecular weight excluding hydrogens is 417 g/mol. The fourth-order valence-corrected chi connectivity index (χ4v) is 2.92. The number of hydrogen-bond acceptors (Lipinski definition) is 3. The Labute approximate surface area is 150 Å². The second-order valence-corrected chi connectivity index (χ2v) is 6.63. The van der Waals surface area contributed by atoms with Gasteiger partial charge in [-0.15, -0.1) is 12.4 Å². The lowest BCUT2D eigenvalue weighted by atomic mass is 9.82. The Morgan fingerprint density at radius 1 is 1.27 bits per heavy atom. The van der Waals surface area contributed by atoms with E-state index in [9.17, 15) is 4.79 Å². The second kappa shape index (κ2) is 9.19. The molecule has 2 rings (SSSR count). The van der Waals surface area contributed by atoms with Crippen LogP contribution in [-0.4, -0.2) is 18.5 Å². The lowest BCUT2D eigenvalue weighted by molar-refractivity contribution is -0.140. The van der Waals surface area contributed by atoms with Crippen molar-refractivity contribution in [2.24, 2.45) is 17.6 Å². The van der Waals surface area contributed by atoms with Gasteiger partial charge in [-0.05, 0) is 78.5 Å². The number of rotatable bonds is 4. The number of ether oxygens (including phenoxy) is 1. The molecule has 1 saturated carbocycles. The van der Waals surface area contributed by atoms with Gasteiger partial charge in [0.2, 0.25) is 0 Å². The largest absolute Gasteiger partial charge is 0.426 e. The van der Waals surface area contributed by atoms with Crippen LogP contribution in [0.25, 0.3) is 0 Å². The molecule has 5 nitrogen and oxygen atoms in total. The summed E-state index contributed by atoms with van der Waals surface area (Å²) >= 11 is 2.22. The normalized spacial score (nSPS) is 20.6. The number of carbonyl (C=O) groups excluding carboxylic acids is 1. The minimum atomic E-state index is -0.130. The average molecular weight is 438 g/mol. The van der Waals surface area contributed by atoms with Crippen LogP contribution >= 0.6 is 35.0 Å². The van der Waals surface area contributed by atoms with E-state index in [4.69, 9.17) is 15.9 Å². The Kier molecular flexibility index (Phi) is 7.95. The molecule has 1 aliphatic rings. The van der Waals surface area contributed by atoms with Gasteiger partial charge in [-0.1, -0.05) is 0 Å². The molecule has 0 heterocycles. The van der Waals surface area contributed by atoms with Crippen molar-refractivity contribution in [3.05, 3.63) is 27.8 Å². The first-order chi connectivity index (χ1) is 10.0. The molecule has 1 aromatic rings. The number of nitrogens with one attached hydrogen (secondary N) is 2. The van der Waals surface area contributed by atoms with Crippen molar-refractivity contribution in [1.82, 2.24) is 5.32 Å². The van der Waals surface area contributed by atoms with E-state index in [-0.39, 0.29) is 30.3 Å². The zero-order valence-corrected chi connectivity index (χ0v) is 15.2. The van der Waals surface area contributed by atoms with E-state index in [2.05, 4.69) is 27.9 Å². The molecule has 122 valence electrons. The van der Waals surface area contributed by atoms with Crippen LogP contribution in [0, 0.1) is 20.8 Å². The Morgan fingerprint density at radius 2 is 1.86 bits per heavy atom. The molecule has 0 atom stereocenters. The Hall–Kier alpha value is -1.02. The summed E-state index contributed by atoms with van der Waals surface area (Å²) in [6.07, 6.45) is 3.61. The molecule has 0 aliphatic heterocycles. The summed E-state index contributed by atoms with van der Waals surface area (Å²) < 4.78 is 6.55. The molecule has 1 aromatic carbocycles. The van der Waals surface area contributed by atoms with E-state index in [1.807, 2.05) is 24.3 Å². The fourth-order valence-electron chi connectivity index (χ4n) is 2.56. The van der Waals surface area contributed by atoms with Gasteiger partial charge in [0.1, 0.15) is 5.75 Å². The first-order valence-electron chi connectivity index (χ1n) is 7.09. The number of guanidine groups is 1. The van der Waals surface area contributed by atoms with Gasteiger partial charge in [0, 0.05) is 10.1 Å². The molecular formula is C15H21ClIN3O2. The van der Waals surface area contributed by atoms with Crippen LogP contribution in [0.2, 0.25) is 0 Å². The van der Waals surface area contributed by atoms with E-state index < -0.39 is 0 Å². The van der Waals surface area contributed by atoms with Gasteiger partial charge in [-0.3, -0.25) is 10.2 Å². The van der Waals surface area contributed by atoms with Crippen molar-refractivity contribution in [3.8, 4) is 5.75 Å². The van der Waals surface area contributed by atoms with Gasteiger partial charge in [-0.2, -0.15) is 0 Å². The SMILES string of the molecule is Cl.N=C(N)NC[C@H]1CC[C@H](C(=O)Oc2ccc(I)cc2)CC1. The number of hydrogen-bond donors (Lipinski definition) is 3. The average Bonchev–Trinajstić information content (AvgIpc) is 2.48. The molecule has 0 aromatic heterocycles. The highest BCUT2D eigenvalue weighted by Crippen LogP contribution is 2.29. The van der Waals surface area contributed by atoms with Crippen molar-refractivity contribution in [1.29, 1.82) is 5.41 Å². The topological polar surface area (TPSA) is 88.2 Å².